The molecule has 4 aromatic rings. The van der Waals surface area contributed by atoms with Gasteiger partial charge in [0, 0.05) is 11.5 Å². The summed E-state index contributed by atoms with van der Waals surface area (Å²) in [5.74, 6) is 1.25. The molecule has 0 saturated carbocycles. The maximum atomic E-state index is 12.6. The van der Waals surface area contributed by atoms with E-state index in [4.69, 9.17) is 9.47 Å². The number of nitrogens with one attached hydrogen (secondary N) is 1. The Labute approximate surface area is 182 Å². The van der Waals surface area contributed by atoms with Crippen LogP contribution in [0.5, 0.6) is 11.5 Å². The summed E-state index contributed by atoms with van der Waals surface area (Å²) in [6, 6.07) is 14.6. The van der Waals surface area contributed by atoms with Crippen LogP contribution < -0.4 is 14.8 Å². The molecule has 0 aliphatic rings. The van der Waals surface area contributed by atoms with E-state index in [2.05, 4.69) is 25.0 Å². The monoisotopic (exact) mass is 436 g/mol. The lowest BCUT2D eigenvalue weighted by atomic mass is 10.2. The summed E-state index contributed by atoms with van der Waals surface area (Å²) < 4.78 is 17.0. The normalized spacial score (nSPS) is 10.7. The van der Waals surface area contributed by atoms with Gasteiger partial charge in [-0.05, 0) is 38.1 Å². The minimum atomic E-state index is -0.328. The predicted octanol–water partition coefficient (Wildman–Crippen LogP) is 3.75. The summed E-state index contributed by atoms with van der Waals surface area (Å²) in [6.07, 6.45) is 0. The highest BCUT2D eigenvalue weighted by molar-refractivity contribution is 7.10. The second-order valence-corrected chi connectivity index (χ2v) is 7.17. The molecule has 1 N–H and O–H groups in total. The predicted molar refractivity (Wildman–Crippen MR) is 117 cm³/mol. The van der Waals surface area contributed by atoms with E-state index in [1.54, 1.807) is 28.9 Å². The Morgan fingerprint density at radius 2 is 1.87 bits per heavy atom. The summed E-state index contributed by atoms with van der Waals surface area (Å²) in [7, 11) is 1.52. The van der Waals surface area contributed by atoms with Crippen LogP contribution in [0.2, 0.25) is 0 Å². The van der Waals surface area contributed by atoms with Gasteiger partial charge in [0.25, 0.3) is 5.91 Å². The molecule has 1 amide bonds. The van der Waals surface area contributed by atoms with Crippen molar-refractivity contribution in [3.8, 4) is 28.7 Å². The molecular weight excluding hydrogens is 416 g/mol. The maximum absolute atomic E-state index is 12.6. The van der Waals surface area contributed by atoms with Crippen molar-refractivity contribution in [1.29, 1.82) is 0 Å². The first kappa shape index (κ1) is 20.5. The van der Waals surface area contributed by atoms with E-state index in [1.807, 2.05) is 38.1 Å². The Balaban J connectivity index is 1.59. The van der Waals surface area contributed by atoms with Gasteiger partial charge < -0.3 is 9.47 Å². The zero-order valence-electron chi connectivity index (χ0n) is 17.2. The number of hydrogen-bond donors (Lipinski definition) is 1. The maximum Gasteiger partial charge on any atom is 0.261 e. The SMILES string of the molecule is CCOc1ccccc1-n1nnc(-c2nsc(NC(=O)c3ccccc3OC)n2)c1C. The Bertz CT molecular complexity index is 1220. The highest BCUT2D eigenvalue weighted by Gasteiger charge is 2.20. The number of anilines is 1. The van der Waals surface area contributed by atoms with Gasteiger partial charge >= 0.3 is 0 Å². The van der Waals surface area contributed by atoms with E-state index in [1.165, 1.54) is 7.11 Å². The average Bonchev–Trinajstić information content (AvgIpc) is 3.40. The minimum Gasteiger partial charge on any atom is -0.496 e. The quantitative estimate of drug-likeness (QED) is 0.470. The molecule has 10 heteroatoms. The van der Waals surface area contributed by atoms with E-state index < -0.39 is 0 Å². The zero-order chi connectivity index (χ0) is 21.8. The van der Waals surface area contributed by atoms with Crippen LogP contribution in [-0.4, -0.2) is 44.0 Å². The van der Waals surface area contributed by atoms with Crippen molar-refractivity contribution in [1.82, 2.24) is 24.4 Å². The molecule has 0 radical (unpaired) electrons. The molecule has 0 atom stereocenters. The Morgan fingerprint density at radius 3 is 2.65 bits per heavy atom. The fourth-order valence-electron chi connectivity index (χ4n) is 3.04. The molecule has 0 aliphatic heterocycles. The number of hydrogen-bond acceptors (Lipinski definition) is 8. The second kappa shape index (κ2) is 8.92. The lowest BCUT2D eigenvalue weighted by Crippen LogP contribution is -2.12. The number of ether oxygens (including phenoxy) is 2. The van der Waals surface area contributed by atoms with Crippen LogP contribution in [0.1, 0.15) is 23.0 Å². The first-order valence-electron chi connectivity index (χ1n) is 9.55. The molecule has 0 spiro atoms. The van der Waals surface area contributed by atoms with Crippen molar-refractivity contribution in [2.24, 2.45) is 0 Å². The van der Waals surface area contributed by atoms with E-state index in [0.717, 1.165) is 22.9 Å². The summed E-state index contributed by atoms with van der Waals surface area (Å²) in [4.78, 5) is 17.0. The van der Waals surface area contributed by atoms with Gasteiger partial charge in [-0.3, -0.25) is 10.1 Å². The van der Waals surface area contributed by atoms with Gasteiger partial charge in [-0.15, -0.1) is 5.10 Å². The van der Waals surface area contributed by atoms with E-state index in [-0.39, 0.29) is 5.91 Å². The highest BCUT2D eigenvalue weighted by Crippen LogP contribution is 2.28. The molecule has 9 nitrogen and oxygen atoms in total. The molecule has 0 bridgehead atoms. The van der Waals surface area contributed by atoms with Crippen LogP contribution in [-0.2, 0) is 0 Å². The van der Waals surface area contributed by atoms with Crippen LogP contribution in [0, 0.1) is 6.92 Å². The van der Waals surface area contributed by atoms with Gasteiger partial charge in [0.05, 0.1) is 25.0 Å². The molecule has 0 unspecified atom stereocenters. The van der Waals surface area contributed by atoms with Crippen LogP contribution in [0.3, 0.4) is 0 Å². The molecule has 0 saturated heterocycles. The average molecular weight is 436 g/mol. The van der Waals surface area contributed by atoms with Crippen molar-refractivity contribution < 1.29 is 14.3 Å². The first-order valence-corrected chi connectivity index (χ1v) is 10.3. The number of nitrogens with zero attached hydrogens (tertiary/aromatic N) is 5. The van der Waals surface area contributed by atoms with Crippen LogP contribution in [0.4, 0.5) is 5.13 Å². The molecule has 0 aliphatic carbocycles. The molecular formula is C21H20N6O3S. The van der Waals surface area contributed by atoms with Gasteiger partial charge in [-0.25, -0.2) is 4.68 Å². The largest absolute Gasteiger partial charge is 0.496 e. The topological polar surface area (TPSA) is 104 Å². The number of carbonyl (C=O) groups is 1. The van der Waals surface area contributed by atoms with Gasteiger partial charge in [-0.1, -0.05) is 29.5 Å². The molecule has 2 aromatic heterocycles. The molecule has 158 valence electrons. The second-order valence-electron chi connectivity index (χ2n) is 6.41. The van der Waals surface area contributed by atoms with Crippen molar-refractivity contribution in [3.05, 3.63) is 59.8 Å². The fourth-order valence-corrected chi connectivity index (χ4v) is 3.61. The minimum absolute atomic E-state index is 0.328. The van der Waals surface area contributed by atoms with Crippen molar-refractivity contribution >= 4 is 22.6 Å². The molecule has 2 aromatic carbocycles. The zero-order valence-corrected chi connectivity index (χ0v) is 18.0. The van der Waals surface area contributed by atoms with Crippen LogP contribution in [0.25, 0.3) is 17.2 Å². The third kappa shape index (κ3) is 4.10. The number of para-hydroxylation sites is 3. The molecule has 0 fully saturated rings. The van der Waals surface area contributed by atoms with E-state index >= 15 is 0 Å². The molecule has 4 rings (SSSR count). The summed E-state index contributed by atoms with van der Waals surface area (Å²) in [5, 5.41) is 11.6. The van der Waals surface area contributed by atoms with E-state index in [9.17, 15) is 4.79 Å². The Morgan fingerprint density at radius 1 is 1.13 bits per heavy atom. The van der Waals surface area contributed by atoms with Gasteiger partial charge in [0.1, 0.15) is 17.2 Å². The summed E-state index contributed by atoms with van der Waals surface area (Å²) in [6.45, 7) is 4.35. The smallest absolute Gasteiger partial charge is 0.261 e. The lowest BCUT2D eigenvalue weighted by Gasteiger charge is -2.10. The number of aromatic nitrogens is 5. The standard InChI is InChI=1S/C21H20N6O3S/c1-4-30-17-12-8-6-10-15(17)27-13(2)18(24-26-27)19-22-21(31-25-19)23-20(28)14-9-5-7-11-16(14)29-3/h5-12H,4H2,1-3H3,(H,22,23,25,28). The summed E-state index contributed by atoms with van der Waals surface area (Å²) in [5.41, 5.74) is 2.48. The Kier molecular flexibility index (Phi) is 5.89. The number of methoxy groups -OCH3 is 1. The molecule has 31 heavy (non-hydrogen) atoms. The van der Waals surface area contributed by atoms with E-state index in [0.29, 0.717) is 40.3 Å². The van der Waals surface area contributed by atoms with Crippen molar-refractivity contribution in [2.75, 3.05) is 19.0 Å². The third-order valence-corrected chi connectivity index (χ3v) is 5.13. The highest BCUT2D eigenvalue weighted by atomic mass is 32.1. The number of amides is 1. The number of carbonyl (C=O) groups excluding carboxylic acids is 1. The molecule has 2 heterocycles. The van der Waals surface area contributed by atoms with Crippen LogP contribution in [0.15, 0.2) is 48.5 Å². The van der Waals surface area contributed by atoms with Crippen molar-refractivity contribution in [2.45, 2.75) is 13.8 Å². The fraction of sp³-hybridized carbons (Fsp3) is 0.190. The van der Waals surface area contributed by atoms with Gasteiger partial charge in [0.2, 0.25) is 5.13 Å². The van der Waals surface area contributed by atoms with Gasteiger partial charge in [0.15, 0.2) is 11.5 Å². The number of rotatable bonds is 7. The van der Waals surface area contributed by atoms with Gasteiger partial charge in [-0.2, -0.15) is 9.36 Å². The lowest BCUT2D eigenvalue weighted by molar-refractivity contribution is 0.102. The Hall–Kier alpha value is -3.79. The van der Waals surface area contributed by atoms with Crippen LogP contribution >= 0.6 is 11.5 Å². The van der Waals surface area contributed by atoms with Crippen molar-refractivity contribution in [3.63, 3.8) is 0 Å². The number of benzene rings is 2. The first-order chi connectivity index (χ1) is 15.1. The summed E-state index contributed by atoms with van der Waals surface area (Å²) >= 11 is 1.07. The third-order valence-electron chi connectivity index (χ3n) is 4.50.